The highest BCUT2D eigenvalue weighted by Gasteiger charge is 2.15. The van der Waals surface area contributed by atoms with Crippen molar-refractivity contribution >= 4 is 51.2 Å². The monoisotopic (exact) mass is 492 g/mol. The number of carbonyl (C=O) groups is 2. The zero-order chi connectivity index (χ0) is 22.3. The second-order valence-electron chi connectivity index (χ2n) is 5.93. The number of halogens is 2. The van der Waals surface area contributed by atoms with Gasteiger partial charge in [0.15, 0.2) is 18.1 Å². The Bertz CT molecular complexity index is 1050. The number of nitrogens with zero attached hydrogens (tertiary/aromatic N) is 1. The average molecular weight is 494 g/mol. The van der Waals surface area contributed by atoms with E-state index in [0.29, 0.717) is 37.8 Å². The molecule has 2 aromatic rings. The summed E-state index contributed by atoms with van der Waals surface area (Å²) >= 11 is 9.45. The number of hydrogen-bond donors (Lipinski definition) is 1. The first-order chi connectivity index (χ1) is 14.3. The molecule has 0 fully saturated rings. The molecule has 0 aliphatic carbocycles. The Balaban J connectivity index is 2.32. The van der Waals surface area contributed by atoms with Gasteiger partial charge in [0.05, 0.1) is 14.2 Å². The molecule has 9 heteroatoms. The molecule has 0 radical (unpaired) electrons. The first-order valence-corrected chi connectivity index (χ1v) is 9.73. The highest BCUT2D eigenvalue weighted by Crippen LogP contribution is 2.35. The zero-order valence-corrected chi connectivity index (χ0v) is 18.8. The minimum Gasteiger partial charge on any atom is -0.493 e. The highest BCUT2D eigenvalue weighted by molar-refractivity contribution is 9.10. The molecule has 0 aromatic heterocycles. The maximum Gasteiger partial charge on any atom is 0.343 e. The van der Waals surface area contributed by atoms with Gasteiger partial charge in [-0.3, -0.25) is 4.79 Å². The number of nitriles is 1. The summed E-state index contributed by atoms with van der Waals surface area (Å²) in [4.78, 5) is 23.9. The SMILES string of the molecule is COC(=O)COc1cc(Br)c(/C=C(\C#N)C(=O)Nc2cccc(Cl)c2C)cc1OC. The zero-order valence-electron chi connectivity index (χ0n) is 16.4. The summed E-state index contributed by atoms with van der Waals surface area (Å²) < 4.78 is 15.7. The molecule has 30 heavy (non-hydrogen) atoms. The summed E-state index contributed by atoms with van der Waals surface area (Å²) in [5.74, 6) is -0.516. The molecule has 2 aromatic carbocycles. The largest absolute Gasteiger partial charge is 0.493 e. The van der Waals surface area contributed by atoms with Crippen molar-refractivity contribution in [2.45, 2.75) is 6.92 Å². The van der Waals surface area contributed by atoms with Crippen LogP contribution in [0.1, 0.15) is 11.1 Å². The van der Waals surface area contributed by atoms with E-state index in [-0.39, 0.29) is 12.2 Å². The minimum atomic E-state index is -0.584. The fourth-order valence-electron chi connectivity index (χ4n) is 2.37. The highest BCUT2D eigenvalue weighted by atomic mass is 79.9. The second-order valence-corrected chi connectivity index (χ2v) is 7.19. The molecule has 0 aliphatic heterocycles. The third-order valence-corrected chi connectivity index (χ3v) is 5.13. The molecule has 0 bridgehead atoms. The van der Waals surface area contributed by atoms with E-state index in [1.165, 1.54) is 20.3 Å². The lowest BCUT2D eigenvalue weighted by molar-refractivity contribution is -0.142. The standard InChI is InChI=1S/C21H18BrClN2O5/c1-12-16(23)5-4-6-17(12)25-21(27)14(10-24)7-13-8-18(28-2)19(9-15(13)22)30-11-20(26)29-3/h4-9H,11H2,1-3H3,(H,25,27)/b14-7+. The minimum absolute atomic E-state index is 0.125. The average Bonchev–Trinajstić information content (AvgIpc) is 2.74. The lowest BCUT2D eigenvalue weighted by Crippen LogP contribution is -2.14. The Kier molecular flexibility index (Phi) is 8.27. The maximum atomic E-state index is 12.6. The van der Waals surface area contributed by atoms with Crippen molar-refractivity contribution in [1.82, 2.24) is 0 Å². The normalized spacial score (nSPS) is 10.7. The van der Waals surface area contributed by atoms with Crippen molar-refractivity contribution in [3.63, 3.8) is 0 Å². The van der Waals surface area contributed by atoms with Crippen LogP contribution in [0.4, 0.5) is 5.69 Å². The van der Waals surface area contributed by atoms with Crippen molar-refractivity contribution in [1.29, 1.82) is 5.26 Å². The van der Waals surface area contributed by atoms with Gasteiger partial charge in [-0.05, 0) is 48.4 Å². The first kappa shape index (κ1) is 23.3. The topological polar surface area (TPSA) is 97.7 Å². The summed E-state index contributed by atoms with van der Waals surface area (Å²) in [6, 6.07) is 10.1. The van der Waals surface area contributed by atoms with Crippen LogP contribution >= 0.6 is 27.5 Å². The van der Waals surface area contributed by atoms with Crippen LogP contribution in [-0.2, 0) is 14.3 Å². The van der Waals surface area contributed by atoms with E-state index in [2.05, 4.69) is 26.0 Å². The van der Waals surface area contributed by atoms with E-state index in [4.69, 9.17) is 21.1 Å². The molecule has 0 atom stereocenters. The number of methoxy groups -OCH3 is 2. The van der Waals surface area contributed by atoms with E-state index < -0.39 is 11.9 Å². The van der Waals surface area contributed by atoms with Gasteiger partial charge in [-0.1, -0.05) is 33.6 Å². The molecule has 2 rings (SSSR count). The predicted octanol–water partition coefficient (Wildman–Crippen LogP) is 4.52. The third kappa shape index (κ3) is 5.75. The van der Waals surface area contributed by atoms with Gasteiger partial charge in [0.1, 0.15) is 11.6 Å². The Labute approximate surface area is 187 Å². The maximum absolute atomic E-state index is 12.6. The summed E-state index contributed by atoms with van der Waals surface area (Å²) in [7, 11) is 2.69. The quantitative estimate of drug-likeness (QED) is 0.346. The predicted molar refractivity (Wildman–Crippen MR) is 117 cm³/mol. The first-order valence-electron chi connectivity index (χ1n) is 8.56. The van der Waals surface area contributed by atoms with Crippen LogP contribution < -0.4 is 14.8 Å². The van der Waals surface area contributed by atoms with E-state index in [9.17, 15) is 14.9 Å². The molecular formula is C21H18BrClN2O5. The molecule has 0 aliphatic rings. The van der Waals surface area contributed by atoms with Gasteiger partial charge in [-0.2, -0.15) is 5.26 Å². The molecule has 0 unspecified atom stereocenters. The molecular weight excluding hydrogens is 476 g/mol. The van der Waals surface area contributed by atoms with Gasteiger partial charge >= 0.3 is 5.97 Å². The number of nitrogens with one attached hydrogen (secondary N) is 1. The molecule has 0 saturated carbocycles. The van der Waals surface area contributed by atoms with Gasteiger partial charge in [0.2, 0.25) is 0 Å². The summed E-state index contributed by atoms with van der Waals surface area (Å²) in [6.07, 6.45) is 1.41. The van der Waals surface area contributed by atoms with Gasteiger partial charge in [-0.15, -0.1) is 0 Å². The fourth-order valence-corrected chi connectivity index (χ4v) is 2.98. The second kappa shape index (κ2) is 10.7. The molecule has 1 amide bonds. The van der Waals surface area contributed by atoms with Crippen LogP contribution in [0.2, 0.25) is 5.02 Å². The van der Waals surface area contributed by atoms with Gasteiger partial charge in [-0.25, -0.2) is 4.79 Å². The summed E-state index contributed by atoms with van der Waals surface area (Å²) in [5, 5.41) is 12.7. The number of anilines is 1. The summed E-state index contributed by atoms with van der Waals surface area (Å²) in [5.41, 5.74) is 1.59. The Morgan fingerprint density at radius 3 is 2.63 bits per heavy atom. The lowest BCUT2D eigenvalue weighted by Gasteiger charge is -2.12. The number of rotatable bonds is 7. The van der Waals surface area contributed by atoms with Crippen molar-refractivity contribution in [3.05, 3.63) is 56.5 Å². The number of carbonyl (C=O) groups excluding carboxylic acids is 2. The Morgan fingerprint density at radius 1 is 1.27 bits per heavy atom. The van der Waals surface area contributed by atoms with Crippen LogP contribution in [0.5, 0.6) is 11.5 Å². The number of esters is 1. The number of amides is 1. The Hall–Kier alpha value is -3.02. The molecule has 156 valence electrons. The van der Waals surface area contributed by atoms with Crippen LogP contribution in [-0.4, -0.2) is 32.7 Å². The lowest BCUT2D eigenvalue weighted by atomic mass is 10.1. The van der Waals surface area contributed by atoms with E-state index in [1.54, 1.807) is 37.3 Å². The summed E-state index contributed by atoms with van der Waals surface area (Å²) in [6.45, 7) is 1.47. The van der Waals surface area contributed by atoms with Crippen molar-refractivity contribution < 1.29 is 23.8 Å². The Morgan fingerprint density at radius 2 is 2.00 bits per heavy atom. The van der Waals surface area contributed by atoms with Crippen LogP contribution in [0, 0.1) is 18.3 Å². The van der Waals surface area contributed by atoms with Crippen LogP contribution in [0.25, 0.3) is 6.08 Å². The van der Waals surface area contributed by atoms with E-state index >= 15 is 0 Å². The molecule has 0 spiro atoms. The number of ether oxygens (including phenoxy) is 3. The fraction of sp³-hybridized carbons (Fsp3) is 0.190. The third-order valence-electron chi connectivity index (χ3n) is 4.04. The molecule has 0 saturated heterocycles. The van der Waals surface area contributed by atoms with Gasteiger partial charge in [0, 0.05) is 15.2 Å². The molecule has 1 N–H and O–H groups in total. The smallest absolute Gasteiger partial charge is 0.343 e. The number of benzene rings is 2. The number of hydrogen-bond acceptors (Lipinski definition) is 6. The van der Waals surface area contributed by atoms with Crippen molar-refractivity contribution in [2.24, 2.45) is 0 Å². The van der Waals surface area contributed by atoms with Gasteiger partial charge in [0.25, 0.3) is 5.91 Å². The van der Waals surface area contributed by atoms with Crippen LogP contribution in [0.3, 0.4) is 0 Å². The molecule has 0 heterocycles. The van der Waals surface area contributed by atoms with Crippen molar-refractivity contribution in [3.8, 4) is 17.6 Å². The van der Waals surface area contributed by atoms with Gasteiger partial charge < -0.3 is 19.5 Å². The van der Waals surface area contributed by atoms with E-state index in [1.807, 2.05) is 6.07 Å². The van der Waals surface area contributed by atoms with Crippen molar-refractivity contribution in [2.75, 3.05) is 26.1 Å². The van der Waals surface area contributed by atoms with Crippen LogP contribution in [0.15, 0.2) is 40.4 Å². The molecule has 7 nitrogen and oxygen atoms in total. The van der Waals surface area contributed by atoms with E-state index in [0.717, 1.165) is 0 Å².